The van der Waals surface area contributed by atoms with Crippen LogP contribution in [-0.4, -0.2) is 47.6 Å². The van der Waals surface area contributed by atoms with Gasteiger partial charge < -0.3 is 24.1 Å². The molecule has 1 aromatic heterocycles. The van der Waals surface area contributed by atoms with Gasteiger partial charge in [-0.05, 0) is 67.6 Å². The van der Waals surface area contributed by atoms with Crippen LogP contribution >= 0.6 is 0 Å². The summed E-state index contributed by atoms with van der Waals surface area (Å²) in [4.78, 5) is 24.7. The molecular weight excluding hydrogens is 436 g/mol. The molecule has 2 aliphatic carbocycles. The fourth-order valence-electron chi connectivity index (χ4n) is 6.36. The Morgan fingerprint density at radius 2 is 2.15 bits per heavy atom. The summed E-state index contributed by atoms with van der Waals surface area (Å²) in [6.45, 7) is 8.45. The van der Waals surface area contributed by atoms with Gasteiger partial charge in [-0.1, -0.05) is 32.1 Å². The monoisotopic (exact) mass is 470 g/mol. The number of hydrogen-bond donors (Lipinski definition) is 2. The van der Waals surface area contributed by atoms with Gasteiger partial charge in [0.1, 0.15) is 12.4 Å². The summed E-state index contributed by atoms with van der Waals surface area (Å²) in [7, 11) is 0. The third kappa shape index (κ3) is 4.39. The van der Waals surface area contributed by atoms with E-state index in [0.29, 0.717) is 24.2 Å². The van der Waals surface area contributed by atoms with Crippen LogP contribution < -0.4 is 0 Å². The van der Waals surface area contributed by atoms with E-state index in [1.807, 2.05) is 13.0 Å². The van der Waals surface area contributed by atoms with E-state index in [1.165, 1.54) is 18.4 Å². The minimum absolute atomic E-state index is 0.00865. The summed E-state index contributed by atoms with van der Waals surface area (Å²) < 4.78 is 15.8. The average Bonchev–Trinajstić information content (AvgIpc) is 3.45. The van der Waals surface area contributed by atoms with Gasteiger partial charge in [0.25, 0.3) is 0 Å². The molecule has 3 fully saturated rings. The minimum atomic E-state index is -0.766. The third-order valence-corrected chi connectivity index (χ3v) is 8.40. The molecule has 6 atom stereocenters. The van der Waals surface area contributed by atoms with Crippen molar-refractivity contribution in [3.63, 3.8) is 0 Å². The molecule has 3 aliphatic rings. The Balaban J connectivity index is 1.50. The lowest BCUT2D eigenvalue weighted by Gasteiger charge is -2.59. The molecule has 1 aliphatic heterocycles. The first-order valence-corrected chi connectivity index (χ1v) is 11.9. The number of hydrogen-bond acceptors (Lipinski definition) is 7. The number of rotatable bonds is 6. The van der Waals surface area contributed by atoms with E-state index in [-0.39, 0.29) is 30.5 Å². The van der Waals surface area contributed by atoms with Gasteiger partial charge in [-0.2, -0.15) is 0 Å². The Morgan fingerprint density at radius 1 is 1.35 bits per heavy atom. The summed E-state index contributed by atoms with van der Waals surface area (Å²) in [6, 6.07) is 3.43. The first-order valence-electron chi connectivity index (χ1n) is 11.9. The van der Waals surface area contributed by atoms with Crippen LogP contribution in [0.25, 0.3) is 6.08 Å². The molecule has 34 heavy (non-hydrogen) atoms. The Kier molecular flexibility index (Phi) is 6.87. The van der Waals surface area contributed by atoms with E-state index in [9.17, 15) is 19.8 Å². The molecule has 0 amide bonds. The highest BCUT2D eigenvalue weighted by Gasteiger charge is 2.57. The van der Waals surface area contributed by atoms with Gasteiger partial charge in [-0.15, -0.1) is 0 Å². The number of carbonyl (C=O) groups is 2. The van der Waals surface area contributed by atoms with Crippen LogP contribution in [0.5, 0.6) is 0 Å². The third-order valence-electron chi connectivity index (χ3n) is 8.40. The topological polar surface area (TPSA) is 106 Å². The largest absolute Gasteiger partial charge is 0.465 e. The van der Waals surface area contributed by atoms with E-state index in [1.54, 1.807) is 12.1 Å². The standard InChI is InChI=1S/C27H34O7/c1-17-6-10-22-26(2,13-12-23(29)27(22,3)16-28)20(17)9-8-19-21(15-33-25(19)31)34-24(30)11-7-18-5-4-14-32-18/h4-5,7-8,11,14,20-23,28-29H,1,6,9-10,12-13,15-16H2,2-3H3/b11-7+,19-8+/t20?,21?,22?,23?,26?,27-/m0/s1. The first kappa shape index (κ1) is 24.5. The van der Waals surface area contributed by atoms with Crippen molar-refractivity contribution in [1.82, 2.24) is 0 Å². The first-order chi connectivity index (χ1) is 16.2. The number of cyclic esters (lactones) is 1. The summed E-state index contributed by atoms with van der Waals surface area (Å²) in [5.74, 6) is -0.313. The maximum atomic E-state index is 12.4. The lowest BCUT2D eigenvalue weighted by Crippen LogP contribution is -2.57. The smallest absolute Gasteiger partial charge is 0.337 e. The van der Waals surface area contributed by atoms with E-state index in [0.717, 1.165) is 24.8 Å². The van der Waals surface area contributed by atoms with Crippen LogP contribution in [0.2, 0.25) is 0 Å². The summed E-state index contributed by atoms with van der Waals surface area (Å²) in [5.41, 5.74) is 0.737. The molecule has 0 spiro atoms. The predicted octanol–water partition coefficient (Wildman–Crippen LogP) is 3.82. The second-order valence-electron chi connectivity index (χ2n) is 10.3. The van der Waals surface area contributed by atoms with Gasteiger partial charge in [-0.25, -0.2) is 9.59 Å². The molecular formula is C27H34O7. The van der Waals surface area contributed by atoms with Crippen molar-refractivity contribution in [2.24, 2.45) is 22.7 Å². The van der Waals surface area contributed by atoms with Crippen molar-refractivity contribution in [2.45, 2.75) is 58.2 Å². The zero-order valence-corrected chi connectivity index (χ0v) is 19.9. The zero-order valence-electron chi connectivity index (χ0n) is 19.9. The Bertz CT molecular complexity index is 991. The second kappa shape index (κ2) is 9.55. The van der Waals surface area contributed by atoms with Gasteiger partial charge in [0.2, 0.25) is 0 Å². The van der Waals surface area contributed by atoms with Crippen LogP contribution in [0.1, 0.15) is 51.7 Å². The highest BCUT2D eigenvalue weighted by atomic mass is 16.6. The summed E-state index contributed by atoms with van der Waals surface area (Å²) in [5, 5.41) is 20.8. The highest BCUT2D eigenvalue weighted by molar-refractivity contribution is 5.93. The van der Waals surface area contributed by atoms with Crippen LogP contribution in [-0.2, 0) is 19.1 Å². The second-order valence-corrected chi connectivity index (χ2v) is 10.3. The molecule has 184 valence electrons. The Morgan fingerprint density at radius 3 is 2.85 bits per heavy atom. The number of ether oxygens (including phenoxy) is 2. The van der Waals surface area contributed by atoms with E-state index in [4.69, 9.17) is 13.9 Å². The highest BCUT2D eigenvalue weighted by Crippen LogP contribution is 2.61. The number of furan rings is 1. The van der Waals surface area contributed by atoms with Gasteiger partial charge >= 0.3 is 11.9 Å². The van der Waals surface area contributed by atoms with Crippen molar-refractivity contribution in [1.29, 1.82) is 0 Å². The molecule has 2 heterocycles. The predicted molar refractivity (Wildman–Crippen MR) is 125 cm³/mol. The molecule has 4 rings (SSSR count). The normalized spacial score (nSPS) is 37.1. The van der Waals surface area contributed by atoms with Gasteiger partial charge in [0.15, 0.2) is 6.10 Å². The molecule has 0 bridgehead atoms. The van der Waals surface area contributed by atoms with Crippen molar-refractivity contribution in [3.8, 4) is 0 Å². The van der Waals surface area contributed by atoms with Crippen molar-refractivity contribution in [3.05, 3.63) is 54.0 Å². The van der Waals surface area contributed by atoms with E-state index < -0.39 is 29.6 Å². The van der Waals surface area contributed by atoms with Crippen LogP contribution in [0.3, 0.4) is 0 Å². The maximum absolute atomic E-state index is 12.4. The van der Waals surface area contributed by atoms with Crippen LogP contribution in [0, 0.1) is 22.7 Å². The molecule has 2 N–H and O–H groups in total. The Hall–Kier alpha value is -2.64. The molecule has 5 unspecified atom stereocenters. The molecule has 1 aromatic rings. The van der Waals surface area contributed by atoms with Crippen LogP contribution in [0.15, 0.2) is 52.7 Å². The molecule has 7 heteroatoms. The molecule has 0 radical (unpaired) electrons. The Labute approximate surface area is 200 Å². The van der Waals surface area contributed by atoms with E-state index in [2.05, 4.69) is 13.5 Å². The van der Waals surface area contributed by atoms with Crippen LogP contribution in [0.4, 0.5) is 0 Å². The zero-order chi connectivity index (χ0) is 24.5. The summed E-state index contributed by atoms with van der Waals surface area (Å²) >= 11 is 0. The van der Waals surface area contributed by atoms with Crippen molar-refractivity contribution >= 4 is 18.0 Å². The lowest BCUT2D eigenvalue weighted by atomic mass is 9.46. The number of aliphatic hydroxyl groups is 2. The van der Waals surface area contributed by atoms with Gasteiger partial charge in [0, 0.05) is 11.5 Å². The number of aliphatic hydroxyl groups excluding tert-OH is 2. The minimum Gasteiger partial charge on any atom is -0.465 e. The quantitative estimate of drug-likeness (QED) is 0.370. The maximum Gasteiger partial charge on any atom is 0.337 e. The van der Waals surface area contributed by atoms with Crippen molar-refractivity contribution < 1.29 is 33.7 Å². The number of carbonyl (C=O) groups excluding carboxylic acids is 2. The number of fused-ring (bicyclic) bond motifs is 1. The molecule has 0 aromatic carbocycles. The number of allylic oxidation sites excluding steroid dienone is 2. The lowest BCUT2D eigenvalue weighted by molar-refractivity contribution is -0.151. The fraction of sp³-hybridized carbons (Fsp3) is 0.556. The SMILES string of the molecule is C=C1CCC2C(C)(CCC(O)[C@@]2(C)CO)C1C/C=C1/C(=O)OCC1OC(=O)/C=C/c1ccco1. The van der Waals surface area contributed by atoms with Gasteiger partial charge in [-0.3, -0.25) is 0 Å². The fourth-order valence-corrected chi connectivity index (χ4v) is 6.36. The number of esters is 2. The van der Waals surface area contributed by atoms with Crippen molar-refractivity contribution in [2.75, 3.05) is 13.2 Å². The van der Waals surface area contributed by atoms with Gasteiger partial charge in [0.05, 0.1) is 24.5 Å². The summed E-state index contributed by atoms with van der Waals surface area (Å²) in [6.07, 6.45) is 8.49. The molecule has 1 saturated heterocycles. The van der Waals surface area contributed by atoms with E-state index >= 15 is 0 Å². The molecule has 7 nitrogen and oxygen atoms in total. The average molecular weight is 471 g/mol. The molecule has 2 saturated carbocycles.